The minimum Gasteiger partial charge on any atom is -0.477 e. The van der Waals surface area contributed by atoms with Gasteiger partial charge in [0, 0.05) is 17.1 Å². The molecule has 2 N–H and O–H groups in total. The van der Waals surface area contributed by atoms with Gasteiger partial charge in [0.1, 0.15) is 5.01 Å². The molecule has 0 aliphatic rings. The molecule has 0 fully saturated rings. The highest BCUT2D eigenvalue weighted by Gasteiger charge is 2.21. The van der Waals surface area contributed by atoms with Crippen LogP contribution in [0.5, 0.6) is 0 Å². The molecule has 9 heteroatoms. The smallest absolute Gasteiger partial charge is 0.354 e. The zero-order valence-corrected chi connectivity index (χ0v) is 12.0. The topological polar surface area (TPSA) is 118 Å². The summed E-state index contributed by atoms with van der Waals surface area (Å²) in [6, 6.07) is 1.90. The highest BCUT2D eigenvalue weighted by atomic mass is 32.1. The molecule has 2 heterocycles. The zero-order chi connectivity index (χ0) is 15.6. The molecule has 2 rings (SSSR count). The van der Waals surface area contributed by atoms with Crippen LogP contribution in [-0.2, 0) is 0 Å². The van der Waals surface area contributed by atoms with Crippen molar-refractivity contribution in [3.05, 3.63) is 44.0 Å². The van der Waals surface area contributed by atoms with E-state index >= 15 is 0 Å². The summed E-state index contributed by atoms with van der Waals surface area (Å²) in [5.41, 5.74) is -0.536. The van der Waals surface area contributed by atoms with Crippen LogP contribution in [-0.4, -0.2) is 26.0 Å². The van der Waals surface area contributed by atoms with Crippen molar-refractivity contribution in [1.82, 2.24) is 9.97 Å². The van der Waals surface area contributed by atoms with Crippen molar-refractivity contribution in [3.8, 4) is 0 Å². The van der Waals surface area contributed by atoms with Crippen LogP contribution >= 0.6 is 11.3 Å². The van der Waals surface area contributed by atoms with E-state index in [-0.39, 0.29) is 23.2 Å². The molecule has 110 valence electrons. The summed E-state index contributed by atoms with van der Waals surface area (Å²) in [7, 11) is 0. The number of thiazole rings is 1. The number of aromatic carboxylic acids is 1. The number of aryl methyl sites for hydroxylation is 1. The van der Waals surface area contributed by atoms with Gasteiger partial charge in [-0.1, -0.05) is 0 Å². The first-order valence-corrected chi connectivity index (χ1v) is 6.77. The Balaban J connectivity index is 2.34. The van der Waals surface area contributed by atoms with Gasteiger partial charge < -0.3 is 10.4 Å². The van der Waals surface area contributed by atoms with E-state index in [9.17, 15) is 14.9 Å². The summed E-state index contributed by atoms with van der Waals surface area (Å²) in [5.74, 6) is -1.33. The number of carboxylic acids is 1. The zero-order valence-electron chi connectivity index (χ0n) is 11.2. The Kier molecular flexibility index (Phi) is 4.13. The Morgan fingerprint density at radius 2 is 2.24 bits per heavy atom. The predicted octanol–water partition coefficient (Wildman–Crippen LogP) is 2.63. The van der Waals surface area contributed by atoms with Gasteiger partial charge in [-0.3, -0.25) is 10.1 Å². The lowest BCUT2D eigenvalue weighted by Gasteiger charge is -2.12. The number of hydrogen-bond acceptors (Lipinski definition) is 7. The molecule has 0 saturated carbocycles. The minimum absolute atomic E-state index is 0.0831. The van der Waals surface area contributed by atoms with Crippen LogP contribution in [0.4, 0.5) is 11.5 Å². The molecule has 0 radical (unpaired) electrons. The fraction of sp³-hybridized carbons (Fsp3) is 0.250. The fourth-order valence-electron chi connectivity index (χ4n) is 1.66. The number of aromatic nitrogens is 2. The number of pyridine rings is 1. The fourth-order valence-corrected chi connectivity index (χ4v) is 2.44. The first-order valence-electron chi connectivity index (χ1n) is 5.96. The van der Waals surface area contributed by atoms with E-state index in [1.165, 1.54) is 11.3 Å². The van der Waals surface area contributed by atoms with Gasteiger partial charge in [-0.2, -0.15) is 0 Å². The van der Waals surface area contributed by atoms with Crippen molar-refractivity contribution < 1.29 is 14.8 Å². The van der Waals surface area contributed by atoms with Crippen LogP contribution in [0.15, 0.2) is 18.3 Å². The van der Waals surface area contributed by atoms with Gasteiger partial charge in [0.15, 0.2) is 5.69 Å². The van der Waals surface area contributed by atoms with Crippen molar-refractivity contribution in [2.45, 2.75) is 19.9 Å². The first-order chi connectivity index (χ1) is 9.88. The van der Waals surface area contributed by atoms with Crippen LogP contribution in [0, 0.1) is 17.0 Å². The standard InChI is InChI=1S/C12H12N4O4S/c1-6-5-13-11(21-6)7(2)14-10-9(16(19)20)4-3-8(15-10)12(17)18/h3-5,7H,1-2H3,(H,14,15)(H,17,18). The molecule has 0 bridgehead atoms. The van der Waals surface area contributed by atoms with Crippen molar-refractivity contribution in [1.29, 1.82) is 0 Å². The number of hydrogen-bond donors (Lipinski definition) is 2. The molecule has 0 spiro atoms. The van der Waals surface area contributed by atoms with E-state index in [1.54, 1.807) is 13.1 Å². The summed E-state index contributed by atoms with van der Waals surface area (Å²) in [5, 5.41) is 23.5. The average Bonchev–Trinajstić information content (AvgIpc) is 2.85. The van der Waals surface area contributed by atoms with Crippen molar-refractivity contribution in [2.24, 2.45) is 0 Å². The summed E-state index contributed by atoms with van der Waals surface area (Å²) in [6.45, 7) is 3.68. The number of anilines is 1. The largest absolute Gasteiger partial charge is 0.477 e. The van der Waals surface area contributed by atoms with Crippen molar-refractivity contribution in [2.75, 3.05) is 5.32 Å². The van der Waals surface area contributed by atoms with E-state index < -0.39 is 10.9 Å². The average molecular weight is 308 g/mol. The monoisotopic (exact) mass is 308 g/mol. The highest BCUT2D eigenvalue weighted by molar-refractivity contribution is 7.11. The Bertz CT molecular complexity index is 700. The summed E-state index contributed by atoms with van der Waals surface area (Å²) < 4.78 is 0. The third kappa shape index (κ3) is 3.31. The lowest BCUT2D eigenvalue weighted by atomic mass is 10.3. The van der Waals surface area contributed by atoms with Crippen LogP contribution in [0.25, 0.3) is 0 Å². The maximum atomic E-state index is 11.0. The molecule has 2 aromatic heterocycles. The van der Waals surface area contributed by atoms with E-state index in [0.717, 1.165) is 22.0 Å². The molecule has 0 amide bonds. The van der Waals surface area contributed by atoms with Gasteiger partial charge in [0.2, 0.25) is 5.82 Å². The molecule has 0 aliphatic heterocycles. The van der Waals surface area contributed by atoms with Gasteiger partial charge in [0.05, 0.1) is 11.0 Å². The third-order valence-electron chi connectivity index (χ3n) is 2.65. The Morgan fingerprint density at radius 1 is 1.52 bits per heavy atom. The summed E-state index contributed by atoms with van der Waals surface area (Å²) >= 11 is 1.45. The van der Waals surface area contributed by atoms with E-state index in [0.29, 0.717) is 0 Å². The van der Waals surface area contributed by atoms with Crippen molar-refractivity contribution in [3.63, 3.8) is 0 Å². The van der Waals surface area contributed by atoms with Gasteiger partial charge in [-0.25, -0.2) is 14.8 Å². The molecular weight excluding hydrogens is 296 g/mol. The molecule has 1 unspecified atom stereocenters. The Labute approximate surface area is 123 Å². The van der Waals surface area contributed by atoms with Gasteiger partial charge in [-0.15, -0.1) is 11.3 Å². The molecule has 0 aromatic carbocycles. The van der Waals surface area contributed by atoms with Gasteiger partial charge in [0.25, 0.3) is 0 Å². The first kappa shape index (κ1) is 14.9. The van der Waals surface area contributed by atoms with Gasteiger partial charge >= 0.3 is 11.7 Å². The second-order valence-corrected chi connectivity index (χ2v) is 5.57. The molecular formula is C12H12N4O4S. The second kappa shape index (κ2) is 5.83. The maximum Gasteiger partial charge on any atom is 0.354 e. The SMILES string of the molecule is Cc1cnc(C(C)Nc2nc(C(=O)O)ccc2[N+](=O)[O-])s1. The van der Waals surface area contributed by atoms with Crippen LogP contribution in [0.3, 0.4) is 0 Å². The number of rotatable bonds is 5. The number of carboxylic acid groups (broad SMARTS) is 1. The lowest BCUT2D eigenvalue weighted by Crippen LogP contribution is -2.12. The van der Waals surface area contributed by atoms with Crippen LogP contribution < -0.4 is 5.32 Å². The second-order valence-electron chi connectivity index (χ2n) is 4.30. The molecule has 2 aromatic rings. The highest BCUT2D eigenvalue weighted by Crippen LogP contribution is 2.28. The van der Waals surface area contributed by atoms with Crippen molar-refractivity contribution >= 4 is 28.8 Å². The van der Waals surface area contributed by atoms with E-state index in [4.69, 9.17) is 5.11 Å². The molecule has 0 saturated heterocycles. The summed E-state index contributed by atoms with van der Waals surface area (Å²) in [6.07, 6.45) is 1.70. The molecule has 0 aliphatic carbocycles. The van der Waals surface area contributed by atoms with Crippen LogP contribution in [0.2, 0.25) is 0 Å². The van der Waals surface area contributed by atoms with Gasteiger partial charge in [-0.05, 0) is 19.9 Å². The Hall–Kier alpha value is -2.55. The Morgan fingerprint density at radius 3 is 2.76 bits per heavy atom. The maximum absolute atomic E-state index is 11.0. The molecule has 1 atom stereocenters. The third-order valence-corrected chi connectivity index (χ3v) is 3.75. The number of nitro groups is 1. The molecule has 21 heavy (non-hydrogen) atoms. The van der Waals surface area contributed by atoms with E-state index in [1.807, 2.05) is 6.92 Å². The molecule has 8 nitrogen and oxygen atoms in total. The number of carbonyl (C=O) groups is 1. The lowest BCUT2D eigenvalue weighted by molar-refractivity contribution is -0.384. The van der Waals surface area contributed by atoms with Crippen LogP contribution in [0.1, 0.15) is 33.3 Å². The predicted molar refractivity (Wildman–Crippen MR) is 76.7 cm³/mol. The number of nitrogens with one attached hydrogen (secondary N) is 1. The number of nitrogens with zero attached hydrogens (tertiary/aromatic N) is 3. The normalized spacial score (nSPS) is 11.9. The summed E-state index contributed by atoms with van der Waals surface area (Å²) in [4.78, 5) is 30.3. The quantitative estimate of drug-likeness (QED) is 0.643. The minimum atomic E-state index is -1.24. The van der Waals surface area contributed by atoms with E-state index in [2.05, 4.69) is 15.3 Å².